The lowest BCUT2D eigenvalue weighted by molar-refractivity contribution is 0.375. The minimum atomic E-state index is -0.130. The summed E-state index contributed by atoms with van der Waals surface area (Å²) in [6.45, 7) is 8.29. The van der Waals surface area contributed by atoms with Crippen LogP contribution in [-0.2, 0) is 0 Å². The third-order valence-corrected chi connectivity index (χ3v) is 1.99. The van der Waals surface area contributed by atoms with Crippen molar-refractivity contribution in [2.24, 2.45) is 11.7 Å². The molecule has 1 aromatic rings. The Labute approximate surface area is 84.9 Å². The monoisotopic (exact) mass is 197 g/mol. The van der Waals surface area contributed by atoms with Crippen LogP contribution < -0.4 is 5.73 Å². The zero-order chi connectivity index (χ0) is 10.7. The molecule has 4 heteroatoms. The van der Waals surface area contributed by atoms with E-state index in [1.54, 1.807) is 0 Å². The van der Waals surface area contributed by atoms with E-state index < -0.39 is 0 Å². The Morgan fingerprint density at radius 1 is 1.14 bits per heavy atom. The van der Waals surface area contributed by atoms with E-state index in [0.29, 0.717) is 17.7 Å². The quantitative estimate of drug-likeness (QED) is 0.803. The van der Waals surface area contributed by atoms with E-state index >= 15 is 0 Å². The first-order valence-corrected chi connectivity index (χ1v) is 5.09. The maximum absolute atomic E-state index is 5.91. The maximum atomic E-state index is 5.91. The van der Waals surface area contributed by atoms with E-state index in [0.717, 1.165) is 6.42 Å². The summed E-state index contributed by atoms with van der Waals surface area (Å²) in [6, 6.07) is -0.130. The molecule has 0 aliphatic heterocycles. The first-order chi connectivity index (χ1) is 6.50. The van der Waals surface area contributed by atoms with Crippen LogP contribution in [-0.4, -0.2) is 10.2 Å². The van der Waals surface area contributed by atoms with Gasteiger partial charge in [0, 0.05) is 5.92 Å². The van der Waals surface area contributed by atoms with Crippen LogP contribution in [0.4, 0.5) is 0 Å². The average Bonchev–Trinajstić information content (AvgIpc) is 2.50. The van der Waals surface area contributed by atoms with Crippen LogP contribution in [0.2, 0.25) is 0 Å². The minimum absolute atomic E-state index is 0.130. The first-order valence-electron chi connectivity index (χ1n) is 5.09. The number of hydrogen-bond donors (Lipinski definition) is 1. The number of hydrogen-bond acceptors (Lipinski definition) is 4. The second kappa shape index (κ2) is 4.55. The van der Waals surface area contributed by atoms with Gasteiger partial charge in [-0.25, -0.2) is 0 Å². The molecule has 1 aromatic heterocycles. The molecule has 0 radical (unpaired) electrons. The number of rotatable bonds is 4. The molecule has 0 amide bonds. The molecule has 4 nitrogen and oxygen atoms in total. The predicted octanol–water partition coefficient (Wildman–Crippen LogP) is 2.24. The van der Waals surface area contributed by atoms with Crippen LogP contribution in [0, 0.1) is 5.92 Å². The van der Waals surface area contributed by atoms with Crippen LogP contribution in [0.3, 0.4) is 0 Å². The van der Waals surface area contributed by atoms with Crippen LogP contribution in [0.15, 0.2) is 4.42 Å². The lowest BCUT2D eigenvalue weighted by Crippen LogP contribution is -2.13. The van der Waals surface area contributed by atoms with Crippen molar-refractivity contribution in [1.29, 1.82) is 0 Å². The van der Waals surface area contributed by atoms with Crippen molar-refractivity contribution < 1.29 is 4.42 Å². The topological polar surface area (TPSA) is 64.9 Å². The summed E-state index contributed by atoms with van der Waals surface area (Å²) in [4.78, 5) is 0. The van der Waals surface area contributed by atoms with E-state index in [4.69, 9.17) is 10.2 Å². The Morgan fingerprint density at radius 2 is 1.71 bits per heavy atom. The number of aromatic nitrogens is 2. The van der Waals surface area contributed by atoms with Gasteiger partial charge >= 0.3 is 0 Å². The van der Waals surface area contributed by atoms with Gasteiger partial charge in [-0.15, -0.1) is 10.2 Å². The molecular weight excluding hydrogens is 178 g/mol. The molecule has 0 aromatic carbocycles. The summed E-state index contributed by atoms with van der Waals surface area (Å²) < 4.78 is 5.46. The van der Waals surface area contributed by atoms with E-state index in [2.05, 4.69) is 24.0 Å². The summed E-state index contributed by atoms with van der Waals surface area (Å²) in [7, 11) is 0. The lowest BCUT2D eigenvalue weighted by Gasteiger charge is -2.09. The molecule has 1 rings (SSSR count). The SMILES string of the molecule is CC(C)CC(N)c1nnc(C(C)C)o1. The van der Waals surface area contributed by atoms with Crippen molar-refractivity contribution in [3.63, 3.8) is 0 Å². The van der Waals surface area contributed by atoms with Gasteiger partial charge in [0.05, 0.1) is 6.04 Å². The Bertz CT molecular complexity index is 281. The fourth-order valence-corrected chi connectivity index (χ4v) is 1.24. The smallest absolute Gasteiger partial charge is 0.233 e. The van der Waals surface area contributed by atoms with Crippen molar-refractivity contribution in [2.45, 2.75) is 46.1 Å². The van der Waals surface area contributed by atoms with Crippen LogP contribution >= 0.6 is 0 Å². The Morgan fingerprint density at radius 3 is 2.14 bits per heavy atom. The van der Waals surface area contributed by atoms with Gasteiger partial charge in [0.1, 0.15) is 0 Å². The molecule has 0 saturated carbocycles. The first kappa shape index (κ1) is 11.2. The zero-order valence-corrected chi connectivity index (χ0v) is 9.32. The number of nitrogens with two attached hydrogens (primary N) is 1. The Hall–Kier alpha value is -0.900. The normalized spacial score (nSPS) is 13.9. The number of nitrogens with zero attached hydrogens (tertiary/aromatic N) is 2. The van der Waals surface area contributed by atoms with E-state index in [9.17, 15) is 0 Å². The molecule has 0 saturated heterocycles. The standard InChI is InChI=1S/C10H19N3O/c1-6(2)5-8(11)10-13-12-9(14-10)7(3)4/h6-8H,5,11H2,1-4H3. The molecule has 1 unspecified atom stereocenters. The molecule has 0 spiro atoms. The van der Waals surface area contributed by atoms with Crippen molar-refractivity contribution in [3.05, 3.63) is 11.8 Å². The highest BCUT2D eigenvalue weighted by molar-refractivity contribution is 4.91. The van der Waals surface area contributed by atoms with Gasteiger partial charge in [-0.3, -0.25) is 0 Å². The van der Waals surface area contributed by atoms with E-state index in [1.807, 2.05) is 13.8 Å². The minimum Gasteiger partial charge on any atom is -0.423 e. The largest absolute Gasteiger partial charge is 0.423 e. The van der Waals surface area contributed by atoms with Crippen molar-refractivity contribution in [1.82, 2.24) is 10.2 Å². The molecule has 80 valence electrons. The summed E-state index contributed by atoms with van der Waals surface area (Å²) in [5.41, 5.74) is 5.91. The van der Waals surface area contributed by atoms with Gasteiger partial charge in [-0.1, -0.05) is 27.7 Å². The highest BCUT2D eigenvalue weighted by atomic mass is 16.4. The second-order valence-electron chi connectivity index (χ2n) is 4.37. The van der Waals surface area contributed by atoms with Gasteiger partial charge in [-0.05, 0) is 12.3 Å². The third kappa shape index (κ3) is 2.80. The Balaban J connectivity index is 2.66. The van der Waals surface area contributed by atoms with Gasteiger partial charge < -0.3 is 10.2 Å². The van der Waals surface area contributed by atoms with E-state index in [-0.39, 0.29) is 12.0 Å². The molecule has 14 heavy (non-hydrogen) atoms. The molecule has 0 aliphatic carbocycles. The highest BCUT2D eigenvalue weighted by Crippen LogP contribution is 2.20. The van der Waals surface area contributed by atoms with Gasteiger partial charge in [0.2, 0.25) is 11.8 Å². The third-order valence-electron chi connectivity index (χ3n) is 1.99. The van der Waals surface area contributed by atoms with E-state index in [1.165, 1.54) is 0 Å². The fraction of sp³-hybridized carbons (Fsp3) is 0.800. The van der Waals surface area contributed by atoms with Gasteiger partial charge in [-0.2, -0.15) is 0 Å². The van der Waals surface area contributed by atoms with Crippen LogP contribution in [0.5, 0.6) is 0 Å². The molecule has 0 fully saturated rings. The predicted molar refractivity (Wildman–Crippen MR) is 54.8 cm³/mol. The van der Waals surface area contributed by atoms with Gasteiger partial charge in [0.25, 0.3) is 0 Å². The van der Waals surface area contributed by atoms with Crippen LogP contribution in [0.25, 0.3) is 0 Å². The molecule has 0 bridgehead atoms. The van der Waals surface area contributed by atoms with Crippen molar-refractivity contribution >= 4 is 0 Å². The lowest BCUT2D eigenvalue weighted by atomic mass is 10.0. The second-order valence-corrected chi connectivity index (χ2v) is 4.37. The maximum Gasteiger partial charge on any atom is 0.233 e. The van der Waals surface area contributed by atoms with Gasteiger partial charge in [0.15, 0.2) is 0 Å². The summed E-state index contributed by atoms with van der Waals surface area (Å²) >= 11 is 0. The highest BCUT2D eigenvalue weighted by Gasteiger charge is 2.16. The summed E-state index contributed by atoms with van der Waals surface area (Å²) in [6.07, 6.45) is 0.875. The Kier molecular flexibility index (Phi) is 3.63. The fourth-order valence-electron chi connectivity index (χ4n) is 1.24. The van der Waals surface area contributed by atoms with Crippen molar-refractivity contribution in [2.75, 3.05) is 0 Å². The van der Waals surface area contributed by atoms with Crippen molar-refractivity contribution in [3.8, 4) is 0 Å². The average molecular weight is 197 g/mol. The molecule has 0 aliphatic rings. The summed E-state index contributed by atoms with van der Waals surface area (Å²) in [5.74, 6) is 2.03. The summed E-state index contributed by atoms with van der Waals surface area (Å²) in [5, 5.41) is 7.90. The molecule has 1 heterocycles. The molecule has 1 atom stereocenters. The molecule has 2 N–H and O–H groups in total. The zero-order valence-electron chi connectivity index (χ0n) is 9.32. The molecular formula is C10H19N3O. The van der Waals surface area contributed by atoms with Crippen LogP contribution in [0.1, 0.15) is 57.9 Å².